The molecule has 1 rings (SSSR count). The highest BCUT2D eigenvalue weighted by molar-refractivity contribution is 14.1. The largest absolute Gasteiger partial charge is 0.282 e. The van der Waals surface area contributed by atoms with E-state index < -0.39 is 6.43 Å². The van der Waals surface area contributed by atoms with Crippen molar-refractivity contribution < 1.29 is 8.78 Å². The maximum absolute atomic E-state index is 12.5. The van der Waals surface area contributed by atoms with Crippen LogP contribution in [0.3, 0.4) is 0 Å². The molecule has 0 aromatic carbocycles. The summed E-state index contributed by atoms with van der Waals surface area (Å²) < 4.78 is 27.5. The van der Waals surface area contributed by atoms with Gasteiger partial charge >= 0.3 is 0 Å². The highest BCUT2D eigenvalue weighted by Crippen LogP contribution is 2.28. The van der Waals surface area contributed by atoms with E-state index in [1.165, 1.54) is 0 Å². The molecule has 0 N–H and O–H groups in total. The number of hydrogen-bond donors (Lipinski definition) is 0. The lowest BCUT2D eigenvalue weighted by atomic mass is 10.1. The van der Waals surface area contributed by atoms with E-state index in [1.54, 1.807) is 11.6 Å². The van der Waals surface area contributed by atoms with Crippen molar-refractivity contribution in [2.75, 3.05) is 0 Å². The van der Waals surface area contributed by atoms with E-state index in [9.17, 15) is 8.78 Å². The summed E-state index contributed by atoms with van der Waals surface area (Å²) in [6.45, 7) is 7.50. The molecule has 0 unspecified atom stereocenters. The van der Waals surface area contributed by atoms with Crippen molar-refractivity contribution in [3.63, 3.8) is 0 Å². The first-order valence-electron chi connectivity index (χ1n) is 4.28. The Balaban J connectivity index is 3.29. The van der Waals surface area contributed by atoms with Gasteiger partial charge in [0.1, 0.15) is 9.39 Å². The van der Waals surface area contributed by atoms with Gasteiger partial charge in [-0.15, -0.1) is 0 Å². The second-order valence-electron chi connectivity index (χ2n) is 4.18. The molecule has 0 saturated carbocycles. The number of hydrogen-bond acceptors (Lipinski definition) is 1. The van der Waals surface area contributed by atoms with Crippen molar-refractivity contribution in [2.45, 2.75) is 39.7 Å². The fourth-order valence-electron chi connectivity index (χ4n) is 1.14. The Kier molecular flexibility index (Phi) is 3.18. The summed E-state index contributed by atoms with van der Waals surface area (Å²) in [4.78, 5) is 0. The van der Waals surface area contributed by atoms with Gasteiger partial charge in [0.2, 0.25) is 0 Å². The molecule has 0 spiro atoms. The second-order valence-corrected chi connectivity index (χ2v) is 5.21. The molecule has 0 fully saturated rings. The van der Waals surface area contributed by atoms with E-state index in [4.69, 9.17) is 0 Å². The summed E-state index contributed by atoms with van der Waals surface area (Å²) in [6.07, 6.45) is -2.49. The summed E-state index contributed by atoms with van der Waals surface area (Å²) in [5.41, 5.74) is 0.217. The van der Waals surface area contributed by atoms with Crippen molar-refractivity contribution in [3.8, 4) is 0 Å². The van der Waals surface area contributed by atoms with E-state index in [1.807, 2.05) is 20.8 Å². The maximum Gasteiger partial charge on any atom is 0.282 e. The van der Waals surface area contributed by atoms with Crippen LogP contribution < -0.4 is 0 Å². The molecule has 0 aliphatic heterocycles. The van der Waals surface area contributed by atoms with Gasteiger partial charge in [0, 0.05) is 5.56 Å². The number of rotatable bonds is 1. The lowest BCUT2D eigenvalue weighted by molar-refractivity contribution is 0.143. The van der Waals surface area contributed by atoms with Crippen molar-refractivity contribution in [1.82, 2.24) is 9.78 Å². The predicted molar refractivity (Wildman–Crippen MR) is 59.6 cm³/mol. The summed E-state index contributed by atoms with van der Waals surface area (Å²) in [5, 5.41) is 3.94. The molecule has 1 aromatic heterocycles. The molecule has 5 heteroatoms. The van der Waals surface area contributed by atoms with Gasteiger partial charge < -0.3 is 0 Å². The monoisotopic (exact) mass is 314 g/mol. The zero-order valence-electron chi connectivity index (χ0n) is 8.61. The third kappa shape index (κ3) is 2.07. The van der Waals surface area contributed by atoms with E-state index in [0.29, 0.717) is 5.56 Å². The Morgan fingerprint density at radius 2 is 1.86 bits per heavy atom. The Bertz CT molecular complexity index is 339. The van der Waals surface area contributed by atoms with Gasteiger partial charge in [-0.1, -0.05) is 0 Å². The van der Waals surface area contributed by atoms with Crippen molar-refractivity contribution in [1.29, 1.82) is 0 Å². The molecule has 80 valence electrons. The first kappa shape index (κ1) is 11.9. The van der Waals surface area contributed by atoms with E-state index in [2.05, 4.69) is 27.7 Å². The lowest BCUT2D eigenvalue weighted by Crippen LogP contribution is -2.24. The highest BCUT2D eigenvalue weighted by Gasteiger charge is 2.25. The molecule has 0 radical (unpaired) electrons. The first-order valence-corrected chi connectivity index (χ1v) is 5.36. The molecule has 0 saturated heterocycles. The molecule has 0 aliphatic rings. The molecule has 1 heterocycles. The number of halogens is 3. The summed E-state index contributed by atoms with van der Waals surface area (Å²) in [7, 11) is 0. The van der Waals surface area contributed by atoms with E-state index in [0.717, 1.165) is 3.70 Å². The van der Waals surface area contributed by atoms with Gasteiger partial charge in [-0.3, -0.25) is 4.68 Å². The van der Waals surface area contributed by atoms with Crippen LogP contribution in [-0.4, -0.2) is 9.78 Å². The highest BCUT2D eigenvalue weighted by atomic mass is 127. The summed E-state index contributed by atoms with van der Waals surface area (Å²) in [5.74, 6) is 0. The standard InChI is InChI=1S/C9H13F2IN2/c1-5-6(7(10)11)13-14(8(5)12)9(2,3)4/h7H,1-4H3. The molecule has 2 nitrogen and oxygen atoms in total. The molecule has 14 heavy (non-hydrogen) atoms. The number of nitrogens with zero attached hydrogens (tertiary/aromatic N) is 2. The minimum Gasteiger partial charge on any atom is -0.253 e. The molecule has 0 atom stereocenters. The van der Waals surface area contributed by atoms with Gasteiger partial charge in [0.15, 0.2) is 0 Å². The van der Waals surface area contributed by atoms with Gasteiger partial charge in [0.05, 0.1) is 5.54 Å². The smallest absolute Gasteiger partial charge is 0.253 e. The number of alkyl halides is 2. The zero-order valence-corrected chi connectivity index (χ0v) is 10.8. The quantitative estimate of drug-likeness (QED) is 0.726. The summed E-state index contributed by atoms with van der Waals surface area (Å²) in [6, 6.07) is 0. The Morgan fingerprint density at radius 3 is 2.07 bits per heavy atom. The van der Waals surface area contributed by atoms with Crippen molar-refractivity contribution in [2.24, 2.45) is 0 Å². The molecule has 0 bridgehead atoms. The van der Waals surface area contributed by atoms with E-state index in [-0.39, 0.29) is 11.2 Å². The van der Waals surface area contributed by atoms with Crippen LogP contribution >= 0.6 is 22.6 Å². The van der Waals surface area contributed by atoms with Crippen molar-refractivity contribution in [3.05, 3.63) is 15.0 Å². The summed E-state index contributed by atoms with van der Waals surface area (Å²) >= 11 is 2.05. The Hall–Kier alpha value is -0.200. The van der Waals surface area contributed by atoms with Crippen LogP contribution in [-0.2, 0) is 5.54 Å². The van der Waals surface area contributed by atoms with Gasteiger partial charge in [-0.2, -0.15) is 5.10 Å². The van der Waals surface area contributed by atoms with Crippen LogP contribution in [0.25, 0.3) is 0 Å². The van der Waals surface area contributed by atoms with Crippen LogP contribution in [0, 0.1) is 10.6 Å². The van der Waals surface area contributed by atoms with Crippen LogP contribution in [0.2, 0.25) is 0 Å². The van der Waals surface area contributed by atoms with Crippen LogP contribution in [0.5, 0.6) is 0 Å². The Morgan fingerprint density at radius 1 is 1.36 bits per heavy atom. The third-order valence-corrected chi connectivity index (χ3v) is 3.20. The second kappa shape index (κ2) is 3.75. The first-order chi connectivity index (χ1) is 6.25. The average molecular weight is 314 g/mol. The SMILES string of the molecule is Cc1c(C(F)F)nn(C(C)(C)C)c1I. The van der Waals surface area contributed by atoms with Gasteiger partial charge in [-0.05, 0) is 50.3 Å². The lowest BCUT2D eigenvalue weighted by Gasteiger charge is -2.20. The fourth-order valence-corrected chi connectivity index (χ4v) is 2.25. The van der Waals surface area contributed by atoms with Crippen molar-refractivity contribution >= 4 is 22.6 Å². The van der Waals surface area contributed by atoms with Crippen LogP contribution in [0.4, 0.5) is 8.78 Å². The van der Waals surface area contributed by atoms with Crippen LogP contribution in [0.15, 0.2) is 0 Å². The predicted octanol–water partition coefficient (Wildman–Crippen LogP) is 3.49. The minimum atomic E-state index is -2.49. The third-order valence-electron chi connectivity index (χ3n) is 1.93. The minimum absolute atomic E-state index is 0.107. The topological polar surface area (TPSA) is 17.8 Å². The van der Waals surface area contributed by atoms with Crippen LogP contribution in [0.1, 0.15) is 38.5 Å². The normalized spacial score (nSPS) is 12.6. The molecule has 0 amide bonds. The van der Waals surface area contributed by atoms with Gasteiger partial charge in [0.25, 0.3) is 6.43 Å². The molecular formula is C9H13F2IN2. The fraction of sp³-hybridized carbons (Fsp3) is 0.667. The number of aromatic nitrogens is 2. The maximum atomic E-state index is 12.5. The van der Waals surface area contributed by atoms with E-state index >= 15 is 0 Å². The average Bonchev–Trinajstić information content (AvgIpc) is 2.28. The molecule has 1 aromatic rings. The van der Waals surface area contributed by atoms with Gasteiger partial charge in [-0.25, -0.2) is 8.78 Å². The Labute approximate surface area is 95.8 Å². The molecular weight excluding hydrogens is 301 g/mol. The zero-order chi connectivity index (χ0) is 11.1. The molecule has 0 aliphatic carbocycles.